The van der Waals surface area contributed by atoms with Crippen LogP contribution < -0.4 is 4.90 Å². The van der Waals surface area contributed by atoms with Gasteiger partial charge in [0.2, 0.25) is 5.91 Å². The summed E-state index contributed by atoms with van der Waals surface area (Å²) in [4.78, 5) is 66.7. The third-order valence-corrected chi connectivity index (χ3v) is 10.3. The standard InChI is InChI=1S/C38H45ClN6O7/c1-22(2)43(37(48)52-38(4,5)6)20-30(24-7-11-26(39)12-8-24)35(46)44-28-15-16-29(44)19-42(18-28)34-32-23(3)17-31(33(32)40-21-41-34)51-36(47)25-9-13-27(14-10-25)45(49)50/h7-14,21-23,28-31H,15-20H2,1-6H3/t23-,28?,29?,30-,31-/m1/s1. The van der Waals surface area contributed by atoms with Crippen LogP contribution >= 0.6 is 11.6 Å². The van der Waals surface area contributed by atoms with Gasteiger partial charge >= 0.3 is 12.1 Å². The number of nitro benzene ring substituents is 1. The highest BCUT2D eigenvalue weighted by atomic mass is 35.5. The summed E-state index contributed by atoms with van der Waals surface area (Å²) in [6.45, 7) is 12.7. The first-order valence-corrected chi connectivity index (χ1v) is 18.1. The van der Waals surface area contributed by atoms with Crippen LogP contribution in [0.2, 0.25) is 5.02 Å². The number of hydrogen-bond acceptors (Lipinski definition) is 10. The summed E-state index contributed by atoms with van der Waals surface area (Å²) < 4.78 is 11.6. The lowest BCUT2D eigenvalue weighted by Crippen LogP contribution is -2.58. The number of carbonyl (C=O) groups is 3. The summed E-state index contributed by atoms with van der Waals surface area (Å²) in [5.41, 5.74) is 1.78. The quantitative estimate of drug-likeness (QED) is 0.127. The molecule has 2 amide bonds. The normalized spacial score (nSPS) is 21.5. The van der Waals surface area contributed by atoms with Crippen molar-refractivity contribution < 1.29 is 28.8 Å². The first-order chi connectivity index (χ1) is 24.6. The second kappa shape index (κ2) is 14.7. The lowest BCUT2D eigenvalue weighted by Gasteiger charge is -2.44. The molecule has 2 unspecified atom stereocenters. The topological polar surface area (TPSA) is 148 Å². The molecule has 0 radical (unpaired) electrons. The highest BCUT2D eigenvalue weighted by molar-refractivity contribution is 6.30. The summed E-state index contributed by atoms with van der Waals surface area (Å²) in [5, 5.41) is 11.6. The van der Waals surface area contributed by atoms with E-state index >= 15 is 0 Å². The maximum absolute atomic E-state index is 14.7. The molecule has 1 aliphatic carbocycles. The van der Waals surface area contributed by atoms with Crippen LogP contribution in [0, 0.1) is 10.1 Å². The number of nitrogens with zero attached hydrogens (tertiary/aromatic N) is 6. The van der Waals surface area contributed by atoms with Crippen molar-refractivity contribution in [3.05, 3.63) is 92.4 Å². The SMILES string of the molecule is CC(C)N(C[C@@H](C(=O)N1C2CCC1CN(c1ncnc3c1[C@H](C)C[C@H]3OC(=O)c1ccc([N+](=O)[O-])cc1)C2)c1ccc(Cl)cc1)C(=O)OC(C)(C)C. The van der Waals surface area contributed by atoms with Gasteiger partial charge in [0.1, 0.15) is 23.9 Å². The second-order valence-electron chi connectivity index (χ2n) is 15.2. The third kappa shape index (κ3) is 7.69. The van der Waals surface area contributed by atoms with Gasteiger partial charge in [-0.25, -0.2) is 19.6 Å². The molecule has 276 valence electrons. The Hall–Kier alpha value is -4.78. The lowest BCUT2D eigenvalue weighted by atomic mass is 9.95. The number of piperazine rings is 1. The van der Waals surface area contributed by atoms with Crippen LogP contribution in [-0.2, 0) is 14.3 Å². The molecule has 14 heteroatoms. The van der Waals surface area contributed by atoms with Crippen LogP contribution in [-0.4, -0.2) is 86.0 Å². The number of aromatic nitrogens is 2. The molecule has 2 saturated heterocycles. The Morgan fingerprint density at radius 1 is 1.02 bits per heavy atom. The van der Waals surface area contributed by atoms with E-state index in [-0.39, 0.29) is 47.7 Å². The highest BCUT2D eigenvalue weighted by Gasteiger charge is 2.47. The van der Waals surface area contributed by atoms with Gasteiger partial charge < -0.3 is 24.2 Å². The predicted octanol–water partition coefficient (Wildman–Crippen LogP) is 7.05. The minimum atomic E-state index is -0.688. The van der Waals surface area contributed by atoms with E-state index in [0.717, 1.165) is 29.8 Å². The van der Waals surface area contributed by atoms with Gasteiger partial charge in [0.15, 0.2) is 0 Å². The van der Waals surface area contributed by atoms with Crippen LogP contribution in [0.15, 0.2) is 54.9 Å². The molecule has 2 aromatic carbocycles. The smallest absolute Gasteiger partial charge is 0.410 e. The number of non-ortho nitro benzene ring substituents is 1. The molecule has 2 bridgehead atoms. The fourth-order valence-corrected chi connectivity index (χ4v) is 7.73. The maximum Gasteiger partial charge on any atom is 0.410 e. The second-order valence-corrected chi connectivity index (χ2v) is 15.6. The molecular formula is C38H45ClN6O7. The minimum absolute atomic E-state index is 0.00216. The average Bonchev–Trinajstić information content (AvgIpc) is 3.55. The van der Waals surface area contributed by atoms with Gasteiger partial charge in [-0.05, 0) is 89.6 Å². The Kier molecular flexibility index (Phi) is 10.4. The van der Waals surface area contributed by atoms with Gasteiger partial charge in [-0.15, -0.1) is 0 Å². The maximum atomic E-state index is 14.7. The number of anilines is 1. The number of nitro groups is 1. The number of ether oxygens (including phenoxy) is 2. The zero-order chi connectivity index (χ0) is 37.5. The summed E-state index contributed by atoms with van der Waals surface area (Å²) in [5.74, 6) is -0.467. The summed E-state index contributed by atoms with van der Waals surface area (Å²) in [7, 11) is 0. The lowest BCUT2D eigenvalue weighted by molar-refractivity contribution is -0.384. The molecule has 13 nitrogen and oxygen atoms in total. The van der Waals surface area contributed by atoms with Crippen LogP contribution in [0.5, 0.6) is 0 Å². The number of halogens is 1. The van der Waals surface area contributed by atoms with E-state index < -0.39 is 34.6 Å². The number of benzene rings is 2. The van der Waals surface area contributed by atoms with Crippen LogP contribution in [0.3, 0.4) is 0 Å². The van der Waals surface area contributed by atoms with E-state index in [0.29, 0.717) is 30.2 Å². The fraction of sp³-hybridized carbons (Fsp3) is 0.500. The van der Waals surface area contributed by atoms with Gasteiger partial charge in [-0.2, -0.15) is 0 Å². The monoisotopic (exact) mass is 732 g/mol. The Bertz CT molecular complexity index is 1820. The van der Waals surface area contributed by atoms with Crippen molar-refractivity contribution in [2.75, 3.05) is 24.5 Å². The summed E-state index contributed by atoms with van der Waals surface area (Å²) in [6, 6.07) is 12.2. The Morgan fingerprint density at radius 3 is 2.23 bits per heavy atom. The van der Waals surface area contributed by atoms with Crippen molar-refractivity contribution in [3.63, 3.8) is 0 Å². The molecule has 5 atom stereocenters. The zero-order valence-electron chi connectivity index (χ0n) is 30.3. The number of esters is 1. The van der Waals surface area contributed by atoms with E-state index in [9.17, 15) is 24.5 Å². The number of rotatable bonds is 9. The van der Waals surface area contributed by atoms with E-state index in [1.807, 2.05) is 51.7 Å². The van der Waals surface area contributed by atoms with E-state index in [4.69, 9.17) is 26.1 Å². The van der Waals surface area contributed by atoms with Crippen molar-refractivity contribution in [3.8, 4) is 0 Å². The summed E-state index contributed by atoms with van der Waals surface area (Å²) >= 11 is 6.24. The molecule has 0 N–H and O–H groups in total. The van der Waals surface area contributed by atoms with Crippen molar-refractivity contribution in [1.29, 1.82) is 0 Å². The summed E-state index contributed by atoms with van der Waals surface area (Å²) in [6.07, 6.45) is 2.62. The van der Waals surface area contributed by atoms with Crippen LogP contribution in [0.1, 0.15) is 106 Å². The van der Waals surface area contributed by atoms with E-state index in [2.05, 4.69) is 16.8 Å². The van der Waals surface area contributed by atoms with Gasteiger partial charge in [0.25, 0.3) is 5.69 Å². The Balaban J connectivity index is 1.22. The van der Waals surface area contributed by atoms with Crippen molar-refractivity contribution in [2.45, 2.75) is 102 Å². The third-order valence-electron chi connectivity index (χ3n) is 10.1. The molecule has 3 aliphatic rings. The molecule has 3 heterocycles. The fourth-order valence-electron chi connectivity index (χ4n) is 7.60. The first kappa shape index (κ1) is 37.0. The van der Waals surface area contributed by atoms with Gasteiger partial charge in [-0.3, -0.25) is 14.9 Å². The van der Waals surface area contributed by atoms with Crippen molar-refractivity contribution in [1.82, 2.24) is 19.8 Å². The van der Waals surface area contributed by atoms with Crippen molar-refractivity contribution in [2.24, 2.45) is 0 Å². The average molecular weight is 733 g/mol. The van der Waals surface area contributed by atoms with E-state index in [1.54, 1.807) is 17.0 Å². The van der Waals surface area contributed by atoms with Crippen LogP contribution in [0.4, 0.5) is 16.3 Å². The van der Waals surface area contributed by atoms with Gasteiger partial charge in [0, 0.05) is 60.5 Å². The molecule has 6 rings (SSSR count). The van der Waals surface area contributed by atoms with Gasteiger partial charge in [-0.1, -0.05) is 30.7 Å². The molecule has 2 fully saturated rings. The number of hydrogen-bond donors (Lipinski definition) is 0. The van der Waals surface area contributed by atoms with Gasteiger partial charge in [0.05, 0.1) is 22.1 Å². The predicted molar refractivity (Wildman–Crippen MR) is 194 cm³/mol. The molecule has 1 aromatic heterocycles. The number of fused-ring (bicyclic) bond motifs is 3. The number of amides is 2. The van der Waals surface area contributed by atoms with Crippen molar-refractivity contribution >= 4 is 41.1 Å². The molecule has 2 aliphatic heterocycles. The Labute approximate surface area is 308 Å². The molecule has 0 spiro atoms. The van der Waals surface area contributed by atoms with E-state index in [1.165, 1.54) is 30.6 Å². The molecule has 3 aromatic rings. The number of carbonyl (C=O) groups excluding carboxylic acids is 3. The van der Waals surface area contributed by atoms with Crippen LogP contribution in [0.25, 0.3) is 0 Å². The largest absolute Gasteiger partial charge is 0.452 e. The molecule has 0 saturated carbocycles. The minimum Gasteiger partial charge on any atom is -0.452 e. The zero-order valence-corrected chi connectivity index (χ0v) is 31.1. The first-order valence-electron chi connectivity index (χ1n) is 17.7. The Morgan fingerprint density at radius 2 is 1.65 bits per heavy atom. The molecular weight excluding hydrogens is 688 g/mol. The molecule has 52 heavy (non-hydrogen) atoms. The highest BCUT2D eigenvalue weighted by Crippen LogP contribution is 2.46.